The zero-order valence-electron chi connectivity index (χ0n) is 10.8. The lowest BCUT2D eigenvalue weighted by molar-refractivity contribution is 0.0664. The largest absolute Gasteiger partial charge is 0.338 e. The highest BCUT2D eigenvalue weighted by molar-refractivity contribution is 9.10. The minimum absolute atomic E-state index is 0.115. The van der Waals surface area contributed by atoms with Gasteiger partial charge in [-0.3, -0.25) is 4.79 Å². The second kappa shape index (κ2) is 5.41. The molecular formula is C14H19BrN2O. The van der Waals surface area contributed by atoms with Crippen LogP contribution in [0.25, 0.3) is 0 Å². The number of hydrogen-bond donors (Lipinski definition) is 1. The summed E-state index contributed by atoms with van der Waals surface area (Å²) >= 11 is 3.45. The van der Waals surface area contributed by atoms with E-state index >= 15 is 0 Å². The minimum atomic E-state index is 0.115. The number of hydrogen-bond acceptors (Lipinski definition) is 2. The Hall–Kier alpha value is -0.870. The molecule has 1 amide bonds. The Morgan fingerprint density at radius 2 is 2.22 bits per heavy atom. The highest BCUT2D eigenvalue weighted by Crippen LogP contribution is 2.21. The third-order valence-electron chi connectivity index (χ3n) is 3.66. The fourth-order valence-corrected chi connectivity index (χ4v) is 2.56. The molecule has 1 fully saturated rings. The Morgan fingerprint density at radius 1 is 1.50 bits per heavy atom. The predicted molar refractivity (Wildman–Crippen MR) is 76.5 cm³/mol. The van der Waals surface area contributed by atoms with E-state index in [1.807, 2.05) is 30.0 Å². The van der Waals surface area contributed by atoms with Crippen LogP contribution in [0.1, 0.15) is 29.3 Å². The third-order valence-corrected chi connectivity index (χ3v) is 4.55. The number of likely N-dealkylation sites (tertiary alicyclic amines) is 1. The molecule has 2 unspecified atom stereocenters. The van der Waals surface area contributed by atoms with E-state index in [1.54, 1.807) is 0 Å². The van der Waals surface area contributed by atoms with Gasteiger partial charge in [-0.25, -0.2) is 0 Å². The van der Waals surface area contributed by atoms with Crippen molar-refractivity contribution in [2.75, 3.05) is 13.1 Å². The maximum atomic E-state index is 12.4. The summed E-state index contributed by atoms with van der Waals surface area (Å²) in [5.41, 5.74) is 7.83. The lowest BCUT2D eigenvalue weighted by Crippen LogP contribution is -2.48. The fourth-order valence-electron chi connectivity index (χ4n) is 2.31. The summed E-state index contributed by atoms with van der Waals surface area (Å²) in [5.74, 6) is 0.489. The van der Waals surface area contributed by atoms with Gasteiger partial charge in [0.05, 0.1) is 0 Å². The summed E-state index contributed by atoms with van der Waals surface area (Å²) in [6.45, 7) is 5.63. The van der Waals surface area contributed by atoms with E-state index in [1.165, 1.54) is 0 Å². The van der Waals surface area contributed by atoms with Crippen LogP contribution in [0.4, 0.5) is 0 Å². The summed E-state index contributed by atoms with van der Waals surface area (Å²) in [7, 11) is 0. The van der Waals surface area contributed by atoms with Crippen molar-refractivity contribution in [1.82, 2.24) is 4.90 Å². The molecule has 1 aliphatic heterocycles. The van der Waals surface area contributed by atoms with E-state index in [0.717, 1.165) is 35.1 Å². The maximum absolute atomic E-state index is 12.4. The Labute approximate surface area is 116 Å². The van der Waals surface area contributed by atoms with Crippen molar-refractivity contribution in [3.63, 3.8) is 0 Å². The van der Waals surface area contributed by atoms with Crippen molar-refractivity contribution in [2.45, 2.75) is 26.3 Å². The SMILES string of the molecule is Cc1cc(C(=O)N2CCC(N)C(C)C2)ccc1Br. The molecule has 18 heavy (non-hydrogen) atoms. The van der Waals surface area contributed by atoms with Gasteiger partial charge in [0.1, 0.15) is 0 Å². The highest BCUT2D eigenvalue weighted by Gasteiger charge is 2.26. The molecule has 0 aromatic heterocycles. The molecule has 1 saturated heterocycles. The number of nitrogens with two attached hydrogens (primary N) is 1. The molecule has 0 saturated carbocycles. The smallest absolute Gasteiger partial charge is 0.253 e. The predicted octanol–water partition coefficient (Wildman–Crippen LogP) is 2.57. The van der Waals surface area contributed by atoms with Crippen LogP contribution in [0, 0.1) is 12.8 Å². The summed E-state index contributed by atoms with van der Waals surface area (Å²) in [6, 6.07) is 5.96. The van der Waals surface area contributed by atoms with E-state index < -0.39 is 0 Å². The second-order valence-electron chi connectivity index (χ2n) is 5.14. The summed E-state index contributed by atoms with van der Waals surface area (Å²) in [5, 5.41) is 0. The molecule has 0 radical (unpaired) electrons. The van der Waals surface area contributed by atoms with Gasteiger partial charge in [-0.2, -0.15) is 0 Å². The van der Waals surface area contributed by atoms with Gasteiger partial charge in [0.25, 0.3) is 5.91 Å². The van der Waals surface area contributed by atoms with Gasteiger partial charge >= 0.3 is 0 Å². The number of benzene rings is 1. The first-order chi connectivity index (χ1) is 8.49. The van der Waals surface area contributed by atoms with E-state index in [-0.39, 0.29) is 11.9 Å². The van der Waals surface area contributed by atoms with Crippen molar-refractivity contribution in [3.8, 4) is 0 Å². The van der Waals surface area contributed by atoms with E-state index in [2.05, 4.69) is 22.9 Å². The first-order valence-corrected chi connectivity index (χ1v) is 7.09. The fraction of sp³-hybridized carbons (Fsp3) is 0.500. The molecule has 2 rings (SSSR count). The highest BCUT2D eigenvalue weighted by atomic mass is 79.9. The van der Waals surface area contributed by atoms with Crippen molar-refractivity contribution >= 4 is 21.8 Å². The van der Waals surface area contributed by atoms with Crippen LogP contribution < -0.4 is 5.73 Å². The standard InChI is InChI=1S/C14H19BrN2O/c1-9-7-11(3-4-12(9)15)14(18)17-6-5-13(16)10(2)8-17/h3-4,7,10,13H,5-6,8,16H2,1-2H3. The molecular weight excluding hydrogens is 292 g/mol. The van der Waals surface area contributed by atoms with E-state index in [9.17, 15) is 4.79 Å². The zero-order valence-corrected chi connectivity index (χ0v) is 12.4. The van der Waals surface area contributed by atoms with Crippen molar-refractivity contribution in [2.24, 2.45) is 11.7 Å². The monoisotopic (exact) mass is 310 g/mol. The number of carbonyl (C=O) groups excluding carboxylic acids is 1. The number of aryl methyl sites for hydroxylation is 1. The number of halogens is 1. The average Bonchev–Trinajstić information content (AvgIpc) is 2.35. The molecule has 98 valence electrons. The first-order valence-electron chi connectivity index (χ1n) is 6.30. The number of carbonyl (C=O) groups is 1. The van der Waals surface area contributed by atoms with Crippen LogP contribution in [0.3, 0.4) is 0 Å². The van der Waals surface area contributed by atoms with E-state index in [4.69, 9.17) is 5.73 Å². The van der Waals surface area contributed by atoms with Gasteiger partial charge in [-0.1, -0.05) is 22.9 Å². The molecule has 1 aromatic rings. The normalized spacial score (nSPS) is 24.1. The molecule has 3 nitrogen and oxygen atoms in total. The van der Waals surface area contributed by atoms with Crippen LogP contribution in [-0.2, 0) is 0 Å². The lowest BCUT2D eigenvalue weighted by atomic mass is 9.94. The number of rotatable bonds is 1. The lowest BCUT2D eigenvalue weighted by Gasteiger charge is -2.35. The van der Waals surface area contributed by atoms with Gasteiger partial charge in [-0.05, 0) is 43.0 Å². The number of amides is 1. The second-order valence-corrected chi connectivity index (χ2v) is 6.00. The van der Waals surface area contributed by atoms with Crippen LogP contribution in [0.15, 0.2) is 22.7 Å². The minimum Gasteiger partial charge on any atom is -0.338 e. The topological polar surface area (TPSA) is 46.3 Å². The first kappa shape index (κ1) is 13.6. The quantitative estimate of drug-likeness (QED) is 0.866. The summed E-state index contributed by atoms with van der Waals surface area (Å²) in [4.78, 5) is 14.3. The number of piperidine rings is 1. The van der Waals surface area contributed by atoms with Gasteiger partial charge < -0.3 is 10.6 Å². The molecule has 1 aliphatic rings. The molecule has 1 heterocycles. The Morgan fingerprint density at radius 3 is 2.83 bits per heavy atom. The van der Waals surface area contributed by atoms with Crippen LogP contribution in [0.5, 0.6) is 0 Å². The summed E-state index contributed by atoms with van der Waals surface area (Å²) in [6.07, 6.45) is 0.891. The van der Waals surface area contributed by atoms with Crippen molar-refractivity contribution in [3.05, 3.63) is 33.8 Å². The van der Waals surface area contributed by atoms with Crippen LogP contribution in [-0.4, -0.2) is 29.9 Å². The molecule has 2 atom stereocenters. The summed E-state index contributed by atoms with van der Waals surface area (Å²) < 4.78 is 1.04. The molecule has 1 aromatic carbocycles. The molecule has 0 aliphatic carbocycles. The molecule has 0 spiro atoms. The third kappa shape index (κ3) is 2.75. The Bertz CT molecular complexity index is 461. The molecule has 0 bridgehead atoms. The zero-order chi connectivity index (χ0) is 13.3. The maximum Gasteiger partial charge on any atom is 0.253 e. The average molecular weight is 311 g/mol. The van der Waals surface area contributed by atoms with Gasteiger partial charge in [0.15, 0.2) is 0 Å². The van der Waals surface area contributed by atoms with Crippen LogP contribution in [0.2, 0.25) is 0 Å². The van der Waals surface area contributed by atoms with Gasteiger partial charge in [0.2, 0.25) is 0 Å². The van der Waals surface area contributed by atoms with Crippen molar-refractivity contribution in [1.29, 1.82) is 0 Å². The Balaban J connectivity index is 2.14. The Kier molecular flexibility index (Phi) is 4.07. The molecule has 2 N–H and O–H groups in total. The molecule has 4 heteroatoms. The number of nitrogens with zero attached hydrogens (tertiary/aromatic N) is 1. The van der Waals surface area contributed by atoms with Crippen molar-refractivity contribution < 1.29 is 4.79 Å². The van der Waals surface area contributed by atoms with Crippen LogP contribution >= 0.6 is 15.9 Å². The van der Waals surface area contributed by atoms with Gasteiger partial charge in [0, 0.05) is 29.2 Å². The van der Waals surface area contributed by atoms with E-state index in [0.29, 0.717) is 5.92 Å². The van der Waals surface area contributed by atoms with Gasteiger partial charge in [-0.15, -0.1) is 0 Å².